The van der Waals surface area contributed by atoms with E-state index in [9.17, 15) is 14.4 Å². The molecule has 0 radical (unpaired) electrons. The number of hydrogen-bond acceptors (Lipinski definition) is 3. The zero-order valence-corrected chi connectivity index (χ0v) is 8.24. The van der Waals surface area contributed by atoms with Crippen LogP contribution in [0.2, 0.25) is 0 Å². The number of aldehydes is 1. The van der Waals surface area contributed by atoms with Gasteiger partial charge in [-0.3, -0.25) is 9.59 Å². The minimum absolute atomic E-state index is 0.147. The third kappa shape index (κ3) is 2.44. The Labute approximate surface area is 91.3 Å². The van der Waals surface area contributed by atoms with E-state index < -0.39 is 23.8 Å². The predicted octanol–water partition coefficient (Wildman–Crippen LogP) is 0.754. The molecule has 84 valence electrons. The van der Waals surface area contributed by atoms with Gasteiger partial charge in [0.25, 0.3) is 0 Å². The molecule has 16 heavy (non-hydrogen) atoms. The van der Waals surface area contributed by atoms with Crippen molar-refractivity contribution in [2.45, 2.75) is 5.92 Å². The van der Waals surface area contributed by atoms with Gasteiger partial charge >= 0.3 is 11.9 Å². The highest BCUT2D eigenvalue weighted by Crippen LogP contribution is 2.24. The molecule has 0 saturated heterocycles. The topological polar surface area (TPSA) is 91.7 Å². The van der Waals surface area contributed by atoms with Crippen LogP contribution in [0.25, 0.3) is 0 Å². The third-order valence-corrected chi connectivity index (χ3v) is 2.22. The maximum absolute atomic E-state index is 11.0. The number of carbonyl (C=O) groups is 3. The first-order valence-corrected chi connectivity index (χ1v) is 4.53. The molecular formula is C11H10O5. The molecule has 0 fully saturated rings. The van der Waals surface area contributed by atoms with Crippen LogP contribution in [0.5, 0.6) is 0 Å². The summed E-state index contributed by atoms with van der Waals surface area (Å²) >= 11 is 0. The molecule has 0 aliphatic heterocycles. The zero-order valence-electron chi connectivity index (χ0n) is 8.24. The van der Waals surface area contributed by atoms with Crippen molar-refractivity contribution in [3.63, 3.8) is 0 Å². The molecule has 0 spiro atoms. The van der Waals surface area contributed by atoms with Crippen molar-refractivity contribution in [2.24, 2.45) is 5.92 Å². The molecule has 1 rings (SSSR count). The van der Waals surface area contributed by atoms with Gasteiger partial charge in [0.2, 0.25) is 0 Å². The molecular weight excluding hydrogens is 212 g/mol. The maximum Gasteiger partial charge on any atom is 0.314 e. The number of carbonyl (C=O) groups excluding carboxylic acids is 1. The molecule has 0 aliphatic rings. The molecule has 5 heteroatoms. The molecule has 0 saturated carbocycles. The summed E-state index contributed by atoms with van der Waals surface area (Å²) in [6.07, 6.45) is 0.147. The molecule has 0 heterocycles. The van der Waals surface area contributed by atoms with E-state index in [4.69, 9.17) is 10.2 Å². The summed E-state index contributed by atoms with van der Waals surface area (Å²) in [7, 11) is 0. The molecule has 2 atom stereocenters. The first-order chi connectivity index (χ1) is 7.57. The van der Waals surface area contributed by atoms with Crippen LogP contribution in [0.15, 0.2) is 30.3 Å². The monoisotopic (exact) mass is 222 g/mol. The highest BCUT2D eigenvalue weighted by molar-refractivity contribution is 5.94. The highest BCUT2D eigenvalue weighted by atomic mass is 16.4. The normalized spacial score (nSPS) is 13.8. The second-order valence-corrected chi connectivity index (χ2v) is 3.23. The molecule has 2 N–H and O–H groups in total. The number of benzene rings is 1. The summed E-state index contributed by atoms with van der Waals surface area (Å²) in [4.78, 5) is 32.4. The first-order valence-electron chi connectivity index (χ1n) is 4.53. The summed E-state index contributed by atoms with van der Waals surface area (Å²) in [5.74, 6) is -5.69. The Hall–Kier alpha value is -2.17. The van der Waals surface area contributed by atoms with Gasteiger partial charge in [-0.15, -0.1) is 0 Å². The number of carboxylic acid groups (broad SMARTS) is 2. The van der Waals surface area contributed by atoms with Crippen LogP contribution in [0.1, 0.15) is 11.5 Å². The molecule has 0 amide bonds. The molecule has 0 aromatic heterocycles. The number of aliphatic carboxylic acids is 2. The number of hydrogen-bond donors (Lipinski definition) is 2. The minimum Gasteiger partial charge on any atom is -0.481 e. The Bertz CT molecular complexity index is 398. The molecule has 5 nitrogen and oxygen atoms in total. The molecule has 1 aromatic rings. The Morgan fingerprint density at radius 2 is 1.62 bits per heavy atom. The van der Waals surface area contributed by atoms with E-state index in [1.165, 1.54) is 12.1 Å². The second kappa shape index (κ2) is 5.06. The molecule has 2 unspecified atom stereocenters. The standard InChI is InChI=1S/C11H10O5/c12-6-8(10(13)14)9(11(15)16)7-4-2-1-3-5-7/h1-6,8-9H,(H,13,14)(H,15,16). The average molecular weight is 222 g/mol. The number of carboxylic acids is 2. The lowest BCUT2D eigenvalue weighted by Crippen LogP contribution is -2.29. The average Bonchev–Trinajstić information content (AvgIpc) is 2.25. The van der Waals surface area contributed by atoms with Gasteiger partial charge in [-0.25, -0.2) is 0 Å². The Morgan fingerprint density at radius 1 is 1.06 bits per heavy atom. The first kappa shape index (κ1) is 11.9. The van der Waals surface area contributed by atoms with Crippen molar-refractivity contribution in [1.82, 2.24) is 0 Å². The van der Waals surface area contributed by atoms with E-state index in [0.29, 0.717) is 5.56 Å². The Kier molecular flexibility index (Phi) is 3.77. The van der Waals surface area contributed by atoms with Gasteiger partial charge in [-0.05, 0) is 5.56 Å². The number of rotatable bonds is 5. The van der Waals surface area contributed by atoms with Gasteiger partial charge in [-0.1, -0.05) is 30.3 Å². The Morgan fingerprint density at radius 3 is 2.00 bits per heavy atom. The quantitative estimate of drug-likeness (QED) is 0.566. The highest BCUT2D eigenvalue weighted by Gasteiger charge is 2.34. The lowest BCUT2D eigenvalue weighted by Gasteiger charge is -2.15. The van der Waals surface area contributed by atoms with Gasteiger partial charge < -0.3 is 15.0 Å². The second-order valence-electron chi connectivity index (χ2n) is 3.23. The summed E-state index contributed by atoms with van der Waals surface area (Å²) in [5, 5.41) is 17.7. The van der Waals surface area contributed by atoms with Crippen molar-refractivity contribution in [3.8, 4) is 0 Å². The summed E-state index contributed by atoms with van der Waals surface area (Å²) < 4.78 is 0. The summed E-state index contributed by atoms with van der Waals surface area (Å²) in [6.45, 7) is 0. The van der Waals surface area contributed by atoms with Crippen LogP contribution in [0.3, 0.4) is 0 Å². The molecule has 1 aromatic carbocycles. The third-order valence-electron chi connectivity index (χ3n) is 2.22. The predicted molar refractivity (Wildman–Crippen MR) is 54.0 cm³/mol. The van der Waals surface area contributed by atoms with Crippen LogP contribution >= 0.6 is 0 Å². The Balaban J connectivity index is 3.14. The van der Waals surface area contributed by atoms with Crippen LogP contribution in [-0.4, -0.2) is 28.4 Å². The van der Waals surface area contributed by atoms with Gasteiger partial charge in [-0.2, -0.15) is 0 Å². The van der Waals surface area contributed by atoms with Gasteiger partial charge in [0.05, 0.1) is 0 Å². The van der Waals surface area contributed by atoms with Crippen LogP contribution in [0.4, 0.5) is 0 Å². The van der Waals surface area contributed by atoms with E-state index in [0.717, 1.165) is 0 Å². The maximum atomic E-state index is 11.0. The van der Waals surface area contributed by atoms with Crippen LogP contribution in [-0.2, 0) is 14.4 Å². The van der Waals surface area contributed by atoms with Gasteiger partial charge in [0.15, 0.2) is 0 Å². The zero-order chi connectivity index (χ0) is 12.1. The van der Waals surface area contributed by atoms with Crippen LogP contribution < -0.4 is 0 Å². The van der Waals surface area contributed by atoms with E-state index in [1.807, 2.05) is 0 Å². The van der Waals surface area contributed by atoms with Crippen molar-refractivity contribution in [2.75, 3.05) is 0 Å². The van der Waals surface area contributed by atoms with Gasteiger partial charge in [0, 0.05) is 0 Å². The van der Waals surface area contributed by atoms with E-state index in [2.05, 4.69) is 0 Å². The molecule has 0 bridgehead atoms. The fourth-order valence-electron chi connectivity index (χ4n) is 1.44. The van der Waals surface area contributed by atoms with E-state index >= 15 is 0 Å². The van der Waals surface area contributed by atoms with Gasteiger partial charge in [0.1, 0.15) is 18.1 Å². The summed E-state index contributed by atoms with van der Waals surface area (Å²) in [6, 6.07) is 7.83. The SMILES string of the molecule is O=CC(C(=O)O)C(C(=O)O)c1ccccc1. The van der Waals surface area contributed by atoms with E-state index in [-0.39, 0.29) is 6.29 Å². The minimum atomic E-state index is -1.57. The summed E-state index contributed by atoms with van der Waals surface area (Å²) in [5.41, 5.74) is 0.300. The van der Waals surface area contributed by atoms with Crippen molar-refractivity contribution in [3.05, 3.63) is 35.9 Å². The lowest BCUT2D eigenvalue weighted by molar-refractivity contribution is -0.151. The van der Waals surface area contributed by atoms with Crippen LogP contribution in [0, 0.1) is 5.92 Å². The largest absolute Gasteiger partial charge is 0.481 e. The van der Waals surface area contributed by atoms with E-state index in [1.54, 1.807) is 18.2 Å². The smallest absolute Gasteiger partial charge is 0.314 e. The van der Waals surface area contributed by atoms with Crippen molar-refractivity contribution < 1.29 is 24.6 Å². The van der Waals surface area contributed by atoms with Crippen molar-refractivity contribution >= 4 is 18.2 Å². The lowest BCUT2D eigenvalue weighted by atomic mass is 9.87. The fraction of sp³-hybridized carbons (Fsp3) is 0.182. The fourth-order valence-corrected chi connectivity index (χ4v) is 1.44. The van der Waals surface area contributed by atoms with Crippen molar-refractivity contribution in [1.29, 1.82) is 0 Å². The molecule has 0 aliphatic carbocycles.